The molecule has 0 saturated carbocycles. The minimum absolute atomic E-state index is 0.0106. The molecule has 246 valence electrons. The molecule has 1 atom stereocenters. The molecule has 1 unspecified atom stereocenters. The van der Waals surface area contributed by atoms with Gasteiger partial charge in [-0.15, -0.1) is 0 Å². The molecule has 3 N–H and O–H groups in total. The molecule has 1 fully saturated rings. The van der Waals surface area contributed by atoms with Gasteiger partial charge in [0.15, 0.2) is 5.54 Å². The van der Waals surface area contributed by atoms with Crippen LogP contribution in [0.15, 0.2) is 115 Å². The normalized spacial score (nSPS) is 15.6. The Kier molecular flexibility index (Phi) is 10.8. The van der Waals surface area contributed by atoms with Crippen LogP contribution in [0.25, 0.3) is 0 Å². The van der Waals surface area contributed by atoms with E-state index in [1.807, 2.05) is 60.7 Å². The SMILES string of the molecule is NC(=O)N(CC(=O)OC(=O)C1(c2ccccc2)CCCN1NC(=O)OCc1ccccc1)c1cccc(C(=O)OCc2ccccc2)c1. The number of ether oxygens (including phenoxy) is 3. The second-order valence-electron chi connectivity index (χ2n) is 11.0. The topological polar surface area (TPSA) is 158 Å². The minimum Gasteiger partial charge on any atom is -0.457 e. The summed E-state index contributed by atoms with van der Waals surface area (Å²) in [5, 5.41) is 1.40. The van der Waals surface area contributed by atoms with Crippen molar-refractivity contribution in [1.29, 1.82) is 0 Å². The smallest absolute Gasteiger partial charge is 0.422 e. The fraction of sp³-hybridized carbons (Fsp3) is 0.194. The zero-order valence-electron chi connectivity index (χ0n) is 26.0. The zero-order chi connectivity index (χ0) is 33.9. The zero-order valence-corrected chi connectivity index (χ0v) is 26.0. The summed E-state index contributed by atoms with van der Waals surface area (Å²) < 4.78 is 16.1. The fourth-order valence-electron chi connectivity index (χ4n) is 5.43. The number of carbonyl (C=O) groups excluding carboxylic acids is 5. The summed E-state index contributed by atoms with van der Waals surface area (Å²) in [6.45, 7) is -0.422. The number of carbonyl (C=O) groups is 5. The number of nitrogens with zero attached hydrogens (tertiary/aromatic N) is 2. The Hall–Kier alpha value is -6.01. The largest absolute Gasteiger partial charge is 0.457 e. The van der Waals surface area contributed by atoms with Crippen LogP contribution in [0.4, 0.5) is 15.3 Å². The van der Waals surface area contributed by atoms with Crippen molar-refractivity contribution in [2.45, 2.75) is 31.6 Å². The maximum Gasteiger partial charge on any atom is 0.422 e. The lowest BCUT2D eigenvalue weighted by Crippen LogP contribution is -2.57. The Morgan fingerprint density at radius 2 is 1.38 bits per heavy atom. The lowest BCUT2D eigenvalue weighted by Gasteiger charge is -2.36. The number of hydrogen-bond donors (Lipinski definition) is 2. The van der Waals surface area contributed by atoms with E-state index < -0.39 is 42.1 Å². The van der Waals surface area contributed by atoms with Crippen LogP contribution in [0.2, 0.25) is 0 Å². The number of primary amides is 1. The number of hydrazine groups is 1. The molecular weight excluding hydrogens is 616 g/mol. The lowest BCUT2D eigenvalue weighted by molar-refractivity contribution is -0.168. The molecule has 1 saturated heterocycles. The van der Waals surface area contributed by atoms with Gasteiger partial charge in [0, 0.05) is 12.2 Å². The monoisotopic (exact) mass is 650 g/mol. The number of hydrogen-bond acceptors (Lipinski definition) is 9. The molecule has 1 aliphatic rings. The Morgan fingerprint density at radius 3 is 2.00 bits per heavy atom. The van der Waals surface area contributed by atoms with Crippen LogP contribution in [-0.4, -0.2) is 48.1 Å². The highest BCUT2D eigenvalue weighted by Gasteiger charge is 2.52. The Bertz CT molecular complexity index is 1750. The number of nitrogens with two attached hydrogens (primary N) is 1. The van der Waals surface area contributed by atoms with Gasteiger partial charge in [0.25, 0.3) is 0 Å². The Balaban J connectivity index is 1.28. The van der Waals surface area contributed by atoms with Gasteiger partial charge >= 0.3 is 30.0 Å². The third-order valence-electron chi connectivity index (χ3n) is 7.78. The molecule has 48 heavy (non-hydrogen) atoms. The maximum absolute atomic E-state index is 13.9. The fourth-order valence-corrected chi connectivity index (χ4v) is 5.43. The number of amides is 3. The first-order valence-electron chi connectivity index (χ1n) is 15.2. The van der Waals surface area contributed by atoms with Crippen LogP contribution in [-0.2, 0) is 42.6 Å². The summed E-state index contributed by atoms with van der Waals surface area (Å²) in [7, 11) is 0. The van der Waals surface area contributed by atoms with Crippen molar-refractivity contribution >= 4 is 35.7 Å². The summed E-state index contributed by atoms with van der Waals surface area (Å²) in [5.41, 5.74) is 8.97. The van der Waals surface area contributed by atoms with Gasteiger partial charge in [0.05, 0.1) is 5.56 Å². The van der Waals surface area contributed by atoms with Crippen LogP contribution in [0.5, 0.6) is 0 Å². The summed E-state index contributed by atoms with van der Waals surface area (Å²) in [6, 6.07) is 31.6. The van der Waals surface area contributed by atoms with Gasteiger partial charge in [-0.1, -0.05) is 97.1 Å². The van der Waals surface area contributed by atoms with E-state index in [4.69, 9.17) is 19.9 Å². The molecule has 12 heteroatoms. The van der Waals surface area contributed by atoms with E-state index in [9.17, 15) is 24.0 Å². The van der Waals surface area contributed by atoms with Gasteiger partial charge in [0.2, 0.25) is 0 Å². The van der Waals surface area contributed by atoms with Crippen molar-refractivity contribution in [3.63, 3.8) is 0 Å². The number of benzene rings is 4. The van der Waals surface area contributed by atoms with Crippen LogP contribution >= 0.6 is 0 Å². The molecule has 4 aromatic carbocycles. The molecule has 1 aliphatic heterocycles. The molecule has 12 nitrogen and oxygen atoms in total. The Labute approximate surface area is 277 Å². The van der Waals surface area contributed by atoms with Crippen molar-refractivity contribution in [3.8, 4) is 0 Å². The van der Waals surface area contributed by atoms with Gasteiger partial charge < -0.3 is 19.9 Å². The number of rotatable bonds is 11. The molecule has 0 bridgehead atoms. The number of urea groups is 1. The van der Waals surface area contributed by atoms with Crippen molar-refractivity contribution in [2.75, 3.05) is 18.0 Å². The summed E-state index contributed by atoms with van der Waals surface area (Å²) in [4.78, 5) is 66.0. The second-order valence-corrected chi connectivity index (χ2v) is 11.0. The lowest BCUT2D eigenvalue weighted by atomic mass is 9.88. The van der Waals surface area contributed by atoms with E-state index in [1.165, 1.54) is 29.3 Å². The van der Waals surface area contributed by atoms with Gasteiger partial charge in [0.1, 0.15) is 19.8 Å². The first-order valence-corrected chi connectivity index (χ1v) is 15.2. The predicted octanol–water partition coefficient (Wildman–Crippen LogP) is 4.83. The van der Waals surface area contributed by atoms with Crippen molar-refractivity contribution in [1.82, 2.24) is 10.4 Å². The summed E-state index contributed by atoms with van der Waals surface area (Å²) >= 11 is 0. The first kappa shape index (κ1) is 33.4. The highest BCUT2D eigenvalue weighted by molar-refractivity contribution is 6.00. The van der Waals surface area contributed by atoms with Crippen LogP contribution < -0.4 is 16.1 Å². The van der Waals surface area contributed by atoms with Gasteiger partial charge in [-0.3, -0.25) is 10.3 Å². The maximum atomic E-state index is 13.9. The quantitative estimate of drug-likeness (QED) is 0.132. The van der Waals surface area contributed by atoms with Crippen molar-refractivity contribution in [2.24, 2.45) is 5.73 Å². The molecule has 3 amide bonds. The van der Waals surface area contributed by atoms with Crippen LogP contribution in [0.1, 0.15) is 39.9 Å². The van der Waals surface area contributed by atoms with E-state index in [0.717, 1.165) is 16.0 Å². The second kappa shape index (κ2) is 15.5. The van der Waals surface area contributed by atoms with E-state index in [1.54, 1.807) is 30.3 Å². The van der Waals surface area contributed by atoms with Gasteiger partial charge in [-0.05, 0) is 47.7 Å². The molecule has 0 spiro atoms. The van der Waals surface area contributed by atoms with Gasteiger partial charge in [-0.2, -0.15) is 5.01 Å². The van der Waals surface area contributed by atoms with E-state index in [0.29, 0.717) is 12.0 Å². The Morgan fingerprint density at radius 1 is 0.771 bits per heavy atom. The van der Waals surface area contributed by atoms with Gasteiger partial charge in [-0.25, -0.2) is 24.0 Å². The number of nitrogens with one attached hydrogen (secondary N) is 1. The third-order valence-corrected chi connectivity index (χ3v) is 7.78. The number of anilines is 1. The van der Waals surface area contributed by atoms with E-state index in [-0.39, 0.29) is 37.4 Å². The summed E-state index contributed by atoms with van der Waals surface area (Å²) in [6.07, 6.45) is -0.0887. The average molecular weight is 651 g/mol. The third kappa shape index (κ3) is 8.03. The highest BCUT2D eigenvalue weighted by Crippen LogP contribution is 2.39. The molecule has 0 aromatic heterocycles. The minimum atomic E-state index is -1.57. The molecule has 5 rings (SSSR count). The molecule has 0 aliphatic carbocycles. The molecule has 1 heterocycles. The van der Waals surface area contributed by atoms with Crippen LogP contribution in [0, 0.1) is 0 Å². The molecular formula is C36H34N4O8. The summed E-state index contributed by atoms with van der Waals surface area (Å²) in [5.74, 6) is -2.68. The van der Waals surface area contributed by atoms with E-state index in [2.05, 4.69) is 5.43 Å². The average Bonchev–Trinajstić information content (AvgIpc) is 3.54. The number of esters is 3. The van der Waals surface area contributed by atoms with Crippen LogP contribution in [0.3, 0.4) is 0 Å². The highest BCUT2D eigenvalue weighted by atomic mass is 16.6. The molecule has 0 radical (unpaired) electrons. The first-order chi connectivity index (χ1) is 23.3. The van der Waals surface area contributed by atoms with Crippen molar-refractivity contribution < 1.29 is 38.2 Å². The van der Waals surface area contributed by atoms with Crippen molar-refractivity contribution in [3.05, 3.63) is 138 Å². The standard InChI is InChI=1S/C36H34N4O8/c37-34(44)39(30-19-10-16-28(22-30)32(42)46-24-26-12-4-1-5-13-26)23-31(41)48-33(43)36(29-17-8-3-9-18-29)20-11-21-40(36)38-35(45)47-25-27-14-6-2-7-15-27/h1-10,12-19,22H,11,20-21,23-25H2,(H2,37,44)(H,38,45). The van der Waals surface area contributed by atoms with E-state index >= 15 is 0 Å². The predicted molar refractivity (Wildman–Crippen MR) is 174 cm³/mol. The molecule has 4 aromatic rings.